The highest BCUT2D eigenvalue weighted by Gasteiger charge is 2.04. The Bertz CT molecular complexity index is 509. The Kier molecular flexibility index (Phi) is 3.47. The SMILES string of the molecule is Cc1ccc(-c2cncc(CCl)c2)c(Cl)c1. The summed E-state index contributed by atoms with van der Waals surface area (Å²) in [5, 5.41) is 0.744. The van der Waals surface area contributed by atoms with Crippen LogP contribution in [0.25, 0.3) is 11.1 Å². The van der Waals surface area contributed by atoms with Gasteiger partial charge in [0.05, 0.1) is 0 Å². The Balaban J connectivity index is 2.49. The van der Waals surface area contributed by atoms with Gasteiger partial charge >= 0.3 is 0 Å². The zero-order valence-corrected chi connectivity index (χ0v) is 10.4. The van der Waals surface area contributed by atoms with Crippen LogP contribution in [0.2, 0.25) is 5.02 Å². The average Bonchev–Trinajstić information content (AvgIpc) is 2.29. The molecule has 0 fully saturated rings. The molecular weight excluding hydrogens is 241 g/mol. The molecule has 0 spiro atoms. The van der Waals surface area contributed by atoms with Crippen molar-refractivity contribution in [3.8, 4) is 11.1 Å². The number of benzene rings is 1. The third-order valence-electron chi connectivity index (χ3n) is 2.38. The van der Waals surface area contributed by atoms with Crippen molar-refractivity contribution in [3.63, 3.8) is 0 Å². The predicted octanol–water partition coefficient (Wildman–Crippen LogP) is 4.45. The van der Waals surface area contributed by atoms with E-state index >= 15 is 0 Å². The van der Waals surface area contributed by atoms with Crippen molar-refractivity contribution in [1.29, 1.82) is 0 Å². The molecule has 0 saturated carbocycles. The number of hydrogen-bond acceptors (Lipinski definition) is 1. The van der Waals surface area contributed by atoms with Crippen LogP contribution < -0.4 is 0 Å². The monoisotopic (exact) mass is 251 g/mol. The van der Waals surface area contributed by atoms with Crippen molar-refractivity contribution in [2.24, 2.45) is 0 Å². The number of hydrogen-bond donors (Lipinski definition) is 0. The van der Waals surface area contributed by atoms with Crippen molar-refractivity contribution < 1.29 is 0 Å². The maximum atomic E-state index is 6.20. The van der Waals surface area contributed by atoms with Gasteiger partial charge in [0.1, 0.15) is 0 Å². The lowest BCUT2D eigenvalue weighted by molar-refractivity contribution is 1.25. The molecule has 82 valence electrons. The fourth-order valence-corrected chi connectivity index (χ4v) is 2.05. The van der Waals surface area contributed by atoms with E-state index in [1.807, 2.05) is 31.2 Å². The second-order valence-corrected chi connectivity index (χ2v) is 4.37. The van der Waals surface area contributed by atoms with Crippen molar-refractivity contribution in [1.82, 2.24) is 4.98 Å². The smallest absolute Gasteiger partial charge is 0.0489 e. The summed E-state index contributed by atoms with van der Waals surface area (Å²) in [6.45, 7) is 2.02. The first-order valence-corrected chi connectivity index (χ1v) is 5.88. The Morgan fingerprint density at radius 2 is 2.00 bits per heavy atom. The number of aryl methyl sites for hydroxylation is 1. The lowest BCUT2D eigenvalue weighted by Gasteiger charge is -2.06. The fourth-order valence-electron chi connectivity index (χ4n) is 1.56. The summed E-state index contributed by atoms with van der Waals surface area (Å²) >= 11 is 12.0. The van der Waals surface area contributed by atoms with Crippen LogP contribution in [0.5, 0.6) is 0 Å². The van der Waals surface area contributed by atoms with Crippen LogP contribution in [0.15, 0.2) is 36.7 Å². The molecule has 0 radical (unpaired) electrons. The number of alkyl halides is 1. The van der Waals surface area contributed by atoms with E-state index in [9.17, 15) is 0 Å². The number of aromatic nitrogens is 1. The fraction of sp³-hybridized carbons (Fsp3) is 0.154. The molecule has 0 unspecified atom stereocenters. The van der Waals surface area contributed by atoms with Gasteiger partial charge in [-0.3, -0.25) is 4.98 Å². The molecule has 0 aliphatic carbocycles. The van der Waals surface area contributed by atoms with Crippen LogP contribution >= 0.6 is 23.2 Å². The molecule has 1 aromatic carbocycles. The first kappa shape index (κ1) is 11.4. The highest BCUT2D eigenvalue weighted by molar-refractivity contribution is 6.33. The van der Waals surface area contributed by atoms with Gasteiger partial charge in [0.2, 0.25) is 0 Å². The molecule has 1 nitrogen and oxygen atoms in total. The van der Waals surface area contributed by atoms with Crippen LogP contribution in [0.3, 0.4) is 0 Å². The van der Waals surface area contributed by atoms with E-state index in [-0.39, 0.29) is 0 Å². The van der Waals surface area contributed by atoms with Crippen LogP contribution in [-0.2, 0) is 5.88 Å². The van der Waals surface area contributed by atoms with Gasteiger partial charge in [0, 0.05) is 34.4 Å². The van der Waals surface area contributed by atoms with Crippen LogP contribution in [0.4, 0.5) is 0 Å². The average molecular weight is 252 g/mol. The molecule has 0 aliphatic heterocycles. The minimum Gasteiger partial charge on any atom is -0.264 e. The van der Waals surface area contributed by atoms with E-state index in [0.717, 1.165) is 27.3 Å². The number of rotatable bonds is 2. The van der Waals surface area contributed by atoms with Crippen molar-refractivity contribution in [2.45, 2.75) is 12.8 Å². The van der Waals surface area contributed by atoms with E-state index in [2.05, 4.69) is 4.98 Å². The van der Waals surface area contributed by atoms with Crippen molar-refractivity contribution in [3.05, 3.63) is 52.8 Å². The van der Waals surface area contributed by atoms with Gasteiger partial charge in [-0.2, -0.15) is 0 Å². The molecule has 0 atom stereocenters. The van der Waals surface area contributed by atoms with E-state index in [1.54, 1.807) is 12.4 Å². The maximum Gasteiger partial charge on any atom is 0.0489 e. The summed E-state index contributed by atoms with van der Waals surface area (Å²) in [5.74, 6) is 0.463. The maximum absolute atomic E-state index is 6.20. The van der Waals surface area contributed by atoms with Crippen LogP contribution in [0.1, 0.15) is 11.1 Å². The van der Waals surface area contributed by atoms with Gasteiger partial charge in [0.25, 0.3) is 0 Å². The summed E-state index contributed by atoms with van der Waals surface area (Å²) in [7, 11) is 0. The molecule has 0 amide bonds. The van der Waals surface area contributed by atoms with Gasteiger partial charge in [-0.05, 0) is 30.2 Å². The molecule has 16 heavy (non-hydrogen) atoms. The second-order valence-electron chi connectivity index (χ2n) is 3.70. The summed E-state index contributed by atoms with van der Waals surface area (Å²) < 4.78 is 0. The molecule has 3 heteroatoms. The Morgan fingerprint density at radius 1 is 1.19 bits per heavy atom. The van der Waals surface area contributed by atoms with E-state index in [1.165, 1.54) is 0 Å². The summed E-state index contributed by atoms with van der Waals surface area (Å²) in [6, 6.07) is 8.00. The van der Waals surface area contributed by atoms with E-state index in [0.29, 0.717) is 5.88 Å². The van der Waals surface area contributed by atoms with E-state index in [4.69, 9.17) is 23.2 Å². The van der Waals surface area contributed by atoms with Gasteiger partial charge in [-0.25, -0.2) is 0 Å². The van der Waals surface area contributed by atoms with Crippen LogP contribution in [0, 0.1) is 6.92 Å². The standard InChI is InChI=1S/C13H11Cl2N/c1-9-2-3-12(13(15)4-9)11-5-10(6-14)7-16-8-11/h2-5,7-8H,6H2,1H3. The minimum atomic E-state index is 0.463. The zero-order valence-electron chi connectivity index (χ0n) is 8.87. The van der Waals surface area contributed by atoms with Gasteiger partial charge in [-0.1, -0.05) is 23.7 Å². The highest BCUT2D eigenvalue weighted by Crippen LogP contribution is 2.28. The molecular formula is C13H11Cl2N. The highest BCUT2D eigenvalue weighted by atomic mass is 35.5. The molecule has 2 aromatic rings. The molecule has 2 rings (SSSR count). The molecule has 0 saturated heterocycles. The first-order chi connectivity index (χ1) is 7.70. The third kappa shape index (κ3) is 2.37. The number of pyridine rings is 1. The molecule has 1 aromatic heterocycles. The van der Waals surface area contributed by atoms with Gasteiger partial charge in [-0.15, -0.1) is 11.6 Å². The third-order valence-corrected chi connectivity index (χ3v) is 3.01. The van der Waals surface area contributed by atoms with Gasteiger partial charge < -0.3 is 0 Å². The topological polar surface area (TPSA) is 12.9 Å². The normalized spacial score (nSPS) is 10.4. The van der Waals surface area contributed by atoms with E-state index < -0.39 is 0 Å². The quantitative estimate of drug-likeness (QED) is 0.719. The predicted molar refractivity (Wildman–Crippen MR) is 69.0 cm³/mol. The lowest BCUT2D eigenvalue weighted by Crippen LogP contribution is -1.86. The lowest BCUT2D eigenvalue weighted by atomic mass is 10.0. The minimum absolute atomic E-state index is 0.463. The summed E-state index contributed by atoms with van der Waals surface area (Å²) in [5.41, 5.74) is 4.14. The molecule has 0 aliphatic rings. The summed E-state index contributed by atoms with van der Waals surface area (Å²) in [6.07, 6.45) is 3.56. The largest absolute Gasteiger partial charge is 0.264 e. The number of halogens is 2. The molecule has 1 heterocycles. The second kappa shape index (κ2) is 4.86. The Hall–Kier alpha value is -1.05. The first-order valence-electron chi connectivity index (χ1n) is 4.97. The number of nitrogens with zero attached hydrogens (tertiary/aromatic N) is 1. The Morgan fingerprint density at radius 3 is 2.69 bits per heavy atom. The van der Waals surface area contributed by atoms with Crippen molar-refractivity contribution in [2.75, 3.05) is 0 Å². The molecule has 0 bridgehead atoms. The Labute approximate surface area is 105 Å². The summed E-state index contributed by atoms with van der Waals surface area (Å²) in [4.78, 5) is 4.15. The van der Waals surface area contributed by atoms with Gasteiger partial charge in [0.15, 0.2) is 0 Å². The zero-order chi connectivity index (χ0) is 11.5. The molecule has 0 N–H and O–H groups in total. The van der Waals surface area contributed by atoms with Crippen molar-refractivity contribution >= 4 is 23.2 Å². The van der Waals surface area contributed by atoms with Crippen LogP contribution in [-0.4, -0.2) is 4.98 Å².